The molecule has 4 aromatic rings. The first-order valence-electron chi connectivity index (χ1n) is 12.8. The predicted octanol–water partition coefficient (Wildman–Crippen LogP) is 5.82. The minimum atomic E-state index is -0.191. The molecule has 0 bridgehead atoms. The Labute approximate surface area is 225 Å². The highest BCUT2D eigenvalue weighted by molar-refractivity contribution is 7.07. The van der Waals surface area contributed by atoms with Crippen molar-refractivity contribution in [2.45, 2.75) is 32.7 Å². The third kappa shape index (κ3) is 4.26. The van der Waals surface area contributed by atoms with Gasteiger partial charge in [-0.05, 0) is 79.3 Å². The lowest BCUT2D eigenvalue weighted by atomic mass is 9.83. The zero-order valence-corrected chi connectivity index (χ0v) is 22.5. The van der Waals surface area contributed by atoms with Gasteiger partial charge < -0.3 is 4.90 Å². The molecule has 37 heavy (non-hydrogen) atoms. The lowest BCUT2D eigenvalue weighted by Crippen LogP contribution is -2.38. The minimum absolute atomic E-state index is 0.00179. The van der Waals surface area contributed by atoms with Crippen LogP contribution in [-0.4, -0.2) is 17.7 Å². The van der Waals surface area contributed by atoms with Crippen molar-refractivity contribution in [3.63, 3.8) is 0 Å². The second-order valence-electron chi connectivity index (χ2n) is 9.43. The van der Waals surface area contributed by atoms with Crippen LogP contribution in [0.1, 0.15) is 48.6 Å². The van der Waals surface area contributed by atoms with Crippen LogP contribution < -0.4 is 19.8 Å². The minimum Gasteiger partial charge on any atom is -0.372 e. The summed E-state index contributed by atoms with van der Waals surface area (Å²) < 4.78 is 2.58. The molecule has 3 aromatic carbocycles. The number of hydrogen-bond donors (Lipinski definition) is 0. The van der Waals surface area contributed by atoms with Crippen molar-refractivity contribution in [1.29, 1.82) is 0 Å². The molecule has 1 unspecified atom stereocenters. The van der Waals surface area contributed by atoms with Gasteiger partial charge in [0.25, 0.3) is 5.56 Å². The molecular weight excluding hydrogens is 498 g/mol. The van der Waals surface area contributed by atoms with E-state index in [4.69, 9.17) is 16.6 Å². The van der Waals surface area contributed by atoms with Gasteiger partial charge in [-0.15, -0.1) is 0 Å². The monoisotopic (exact) mass is 525 g/mol. The highest BCUT2D eigenvalue weighted by Gasteiger charge is 2.32. The highest BCUT2D eigenvalue weighted by atomic mass is 35.5. The first-order valence-corrected chi connectivity index (χ1v) is 14.0. The number of anilines is 1. The van der Waals surface area contributed by atoms with E-state index >= 15 is 0 Å². The number of aryl methyl sites for hydroxylation is 1. The Balaban J connectivity index is 1.52. The molecule has 1 aliphatic heterocycles. The Morgan fingerprint density at radius 3 is 2.46 bits per heavy atom. The first-order chi connectivity index (χ1) is 18.1. The van der Waals surface area contributed by atoms with Gasteiger partial charge in [0, 0.05) is 29.4 Å². The van der Waals surface area contributed by atoms with E-state index in [1.54, 1.807) is 0 Å². The molecule has 6 rings (SSSR count). The summed E-state index contributed by atoms with van der Waals surface area (Å²) in [7, 11) is 0. The summed E-state index contributed by atoms with van der Waals surface area (Å²) in [5.74, 6) is 0. The van der Waals surface area contributed by atoms with E-state index in [-0.39, 0.29) is 11.6 Å². The van der Waals surface area contributed by atoms with E-state index in [9.17, 15) is 4.79 Å². The number of hydrogen-bond acceptors (Lipinski definition) is 4. The van der Waals surface area contributed by atoms with Crippen LogP contribution in [0.4, 0.5) is 5.69 Å². The van der Waals surface area contributed by atoms with Gasteiger partial charge in [0.1, 0.15) is 0 Å². The van der Waals surface area contributed by atoms with Gasteiger partial charge in [0.2, 0.25) is 0 Å². The van der Waals surface area contributed by atoms with Crippen molar-refractivity contribution in [3.05, 3.63) is 125 Å². The van der Waals surface area contributed by atoms with Crippen LogP contribution in [0, 0.1) is 0 Å². The van der Waals surface area contributed by atoms with E-state index in [0.29, 0.717) is 9.55 Å². The third-order valence-electron chi connectivity index (χ3n) is 7.38. The lowest BCUT2D eigenvalue weighted by Gasteiger charge is -2.30. The molecule has 0 amide bonds. The zero-order chi connectivity index (χ0) is 25.5. The average molecular weight is 526 g/mol. The molecule has 4 nitrogen and oxygen atoms in total. The Kier molecular flexibility index (Phi) is 6.35. The average Bonchev–Trinajstić information content (AvgIpc) is 3.24. The molecule has 2 heterocycles. The lowest BCUT2D eigenvalue weighted by molar-refractivity contribution is 0.585. The predicted molar refractivity (Wildman–Crippen MR) is 154 cm³/mol. The normalized spacial score (nSPS) is 16.6. The molecule has 0 radical (unpaired) electrons. The quantitative estimate of drug-likeness (QED) is 0.329. The second-order valence-corrected chi connectivity index (χ2v) is 10.9. The van der Waals surface area contributed by atoms with Gasteiger partial charge in [-0.1, -0.05) is 71.5 Å². The van der Waals surface area contributed by atoms with Crippen LogP contribution in [-0.2, 0) is 6.42 Å². The third-order valence-corrected chi connectivity index (χ3v) is 8.61. The number of aromatic nitrogens is 1. The summed E-state index contributed by atoms with van der Waals surface area (Å²) in [6.07, 6.45) is 3.81. The van der Waals surface area contributed by atoms with Crippen molar-refractivity contribution in [2.24, 2.45) is 4.99 Å². The fourth-order valence-electron chi connectivity index (χ4n) is 5.49. The molecule has 0 saturated carbocycles. The maximum Gasteiger partial charge on any atom is 0.271 e. The van der Waals surface area contributed by atoms with Crippen LogP contribution in [0.2, 0.25) is 5.02 Å². The highest BCUT2D eigenvalue weighted by Crippen LogP contribution is 2.41. The van der Waals surface area contributed by atoms with Crippen molar-refractivity contribution in [3.8, 4) is 0 Å². The van der Waals surface area contributed by atoms with E-state index < -0.39 is 0 Å². The van der Waals surface area contributed by atoms with Gasteiger partial charge in [-0.2, -0.15) is 0 Å². The number of nitrogens with zero attached hydrogens (tertiary/aromatic N) is 3. The molecule has 0 N–H and O–H groups in total. The van der Waals surface area contributed by atoms with Crippen LogP contribution in [0.25, 0.3) is 11.8 Å². The first kappa shape index (κ1) is 24.0. The maximum atomic E-state index is 13.9. The molecule has 6 heteroatoms. The van der Waals surface area contributed by atoms with Crippen LogP contribution >= 0.6 is 22.9 Å². The summed E-state index contributed by atoms with van der Waals surface area (Å²) in [6.45, 7) is 6.25. The summed E-state index contributed by atoms with van der Waals surface area (Å²) in [6, 6.07) is 24.6. The van der Waals surface area contributed by atoms with E-state index in [1.807, 2.05) is 34.9 Å². The van der Waals surface area contributed by atoms with Crippen molar-refractivity contribution in [2.75, 3.05) is 18.0 Å². The van der Waals surface area contributed by atoms with Crippen molar-refractivity contribution < 1.29 is 0 Å². The number of fused-ring (bicyclic) bond motifs is 3. The van der Waals surface area contributed by atoms with Gasteiger partial charge in [-0.3, -0.25) is 9.36 Å². The second kappa shape index (κ2) is 9.81. The van der Waals surface area contributed by atoms with Crippen LogP contribution in [0.3, 0.4) is 0 Å². The van der Waals surface area contributed by atoms with E-state index in [1.165, 1.54) is 33.7 Å². The smallest absolute Gasteiger partial charge is 0.271 e. The Morgan fingerprint density at radius 1 is 1.00 bits per heavy atom. The number of allylic oxidation sites excluding steroid dienone is 1. The number of rotatable bonds is 5. The van der Waals surface area contributed by atoms with Gasteiger partial charge in [0.05, 0.1) is 16.3 Å². The van der Waals surface area contributed by atoms with Crippen LogP contribution in [0.15, 0.2) is 88.2 Å². The maximum absolute atomic E-state index is 13.9. The van der Waals surface area contributed by atoms with E-state index in [0.717, 1.165) is 47.6 Å². The fraction of sp³-hybridized carbons (Fsp3) is 0.226. The number of thiazole rings is 1. The Bertz CT molecular complexity index is 1680. The van der Waals surface area contributed by atoms with Gasteiger partial charge in [-0.25, -0.2) is 4.99 Å². The molecular formula is C31H28ClN3OS. The molecule has 0 fully saturated rings. The molecule has 2 aliphatic rings. The molecule has 0 spiro atoms. The summed E-state index contributed by atoms with van der Waals surface area (Å²) in [5, 5.41) is 0.688. The molecule has 186 valence electrons. The molecule has 1 aromatic heterocycles. The summed E-state index contributed by atoms with van der Waals surface area (Å²) in [4.78, 5) is 22.0. The van der Waals surface area contributed by atoms with E-state index in [2.05, 4.69) is 67.3 Å². The van der Waals surface area contributed by atoms with Crippen molar-refractivity contribution >= 4 is 40.4 Å². The fourth-order valence-corrected chi connectivity index (χ4v) is 6.62. The molecule has 0 saturated heterocycles. The number of halogens is 1. The standard InChI is InChI=1S/C31H28ClN3OS/c1-3-34(4-2)24-16-9-20(10-17-24)19-27-30(36)35-29(22-11-14-23(32)15-12-22)26-18-13-21-7-5-6-8-25(21)28(26)33-31(35)37-27/h5-12,14-17,19,29H,3-4,13,18H2,1-2H3. The summed E-state index contributed by atoms with van der Waals surface area (Å²) in [5.41, 5.74) is 7.96. The van der Waals surface area contributed by atoms with Gasteiger partial charge >= 0.3 is 0 Å². The number of benzene rings is 3. The summed E-state index contributed by atoms with van der Waals surface area (Å²) >= 11 is 7.69. The van der Waals surface area contributed by atoms with Crippen LogP contribution in [0.5, 0.6) is 0 Å². The largest absolute Gasteiger partial charge is 0.372 e. The van der Waals surface area contributed by atoms with Crippen molar-refractivity contribution in [1.82, 2.24) is 4.57 Å². The Morgan fingerprint density at radius 2 is 1.73 bits per heavy atom. The SMILES string of the molecule is CCN(CC)c1ccc(C=c2sc3n(c2=O)C(c2ccc(Cl)cc2)C2=C(N=3)c3ccccc3CC2)cc1. The molecule has 1 aliphatic carbocycles. The van der Waals surface area contributed by atoms with Gasteiger partial charge in [0.15, 0.2) is 4.80 Å². The molecule has 1 atom stereocenters. The zero-order valence-electron chi connectivity index (χ0n) is 20.9. The topological polar surface area (TPSA) is 37.6 Å². The Hall–Kier alpha value is -3.41.